The number of hydrogen-bond donors (Lipinski definition) is 0. The molecule has 0 bridgehead atoms. The van der Waals surface area contributed by atoms with Crippen LogP contribution in [0.3, 0.4) is 0 Å². The van der Waals surface area contributed by atoms with E-state index in [2.05, 4.69) is 162 Å². The van der Waals surface area contributed by atoms with Gasteiger partial charge in [-0.3, -0.25) is 0 Å². The van der Waals surface area contributed by atoms with Crippen LogP contribution in [0.4, 0.5) is 0 Å². The molecule has 0 saturated carbocycles. The van der Waals surface area contributed by atoms with Crippen LogP contribution >= 0.6 is 11.3 Å². The molecule has 0 amide bonds. The second-order valence-corrected chi connectivity index (χ2v) is 13.6. The third-order valence-corrected chi connectivity index (χ3v) is 10.8. The lowest BCUT2D eigenvalue weighted by Gasteiger charge is -2.12. The Morgan fingerprint density at radius 2 is 1.04 bits per heavy atom. The topological polar surface area (TPSA) is 30.7 Å². The summed E-state index contributed by atoms with van der Waals surface area (Å²) >= 11 is 1.86. The Labute approximate surface area is 293 Å². The summed E-state index contributed by atoms with van der Waals surface area (Å²) in [5, 5.41) is 4.97. The molecule has 10 rings (SSSR count). The summed E-state index contributed by atoms with van der Waals surface area (Å²) in [6.07, 6.45) is 0. The van der Waals surface area contributed by atoms with Gasteiger partial charge in [-0.25, -0.2) is 9.97 Å². The molecule has 0 radical (unpaired) electrons. The van der Waals surface area contributed by atoms with Crippen molar-refractivity contribution in [3.63, 3.8) is 0 Å². The van der Waals surface area contributed by atoms with Crippen LogP contribution in [0.25, 0.3) is 92.7 Å². The van der Waals surface area contributed by atoms with Crippen LogP contribution in [-0.2, 0) is 0 Å². The first-order chi connectivity index (χ1) is 24.8. The van der Waals surface area contributed by atoms with E-state index >= 15 is 0 Å². The monoisotopic (exact) mass is 655 g/mol. The van der Waals surface area contributed by atoms with Crippen molar-refractivity contribution < 1.29 is 0 Å². The van der Waals surface area contributed by atoms with Gasteiger partial charge in [0.2, 0.25) is 0 Å². The Hall–Kier alpha value is -6.36. The van der Waals surface area contributed by atoms with Crippen molar-refractivity contribution in [2.45, 2.75) is 0 Å². The van der Waals surface area contributed by atoms with Crippen LogP contribution in [0.15, 0.2) is 176 Å². The molecule has 0 aliphatic carbocycles. The molecular formula is C46H29N3S. The van der Waals surface area contributed by atoms with Crippen LogP contribution in [0, 0.1) is 0 Å². The number of para-hydroxylation sites is 1. The molecule has 0 unspecified atom stereocenters. The number of hydrogen-bond acceptors (Lipinski definition) is 3. The quantitative estimate of drug-likeness (QED) is 0.185. The Kier molecular flexibility index (Phi) is 6.68. The van der Waals surface area contributed by atoms with Gasteiger partial charge in [-0.05, 0) is 47.5 Å². The van der Waals surface area contributed by atoms with Gasteiger partial charge in [0.15, 0.2) is 5.82 Å². The Bertz CT molecular complexity index is 2870. The van der Waals surface area contributed by atoms with Crippen LogP contribution < -0.4 is 0 Å². The SMILES string of the molecule is c1ccc(-c2cccc(-c3cc(-c4cccc5c4c4ccccc4n5-c4cccc5c4sc4ccccc45)nc(-c4ccccc4)n3)c2)cc1. The fourth-order valence-corrected chi connectivity index (χ4v) is 8.55. The minimum Gasteiger partial charge on any atom is -0.308 e. The van der Waals surface area contributed by atoms with Gasteiger partial charge in [0.25, 0.3) is 0 Å². The lowest BCUT2D eigenvalue weighted by Crippen LogP contribution is -1.97. The smallest absolute Gasteiger partial charge is 0.160 e. The molecule has 3 nitrogen and oxygen atoms in total. The predicted molar refractivity (Wildman–Crippen MR) is 211 cm³/mol. The lowest BCUT2D eigenvalue weighted by atomic mass is 9.99. The van der Waals surface area contributed by atoms with E-state index in [0.29, 0.717) is 5.82 Å². The summed E-state index contributed by atoms with van der Waals surface area (Å²) in [6.45, 7) is 0. The van der Waals surface area contributed by atoms with Crippen molar-refractivity contribution in [2.24, 2.45) is 0 Å². The fourth-order valence-electron chi connectivity index (χ4n) is 7.34. The molecule has 3 aromatic heterocycles. The van der Waals surface area contributed by atoms with Gasteiger partial charge < -0.3 is 4.57 Å². The van der Waals surface area contributed by atoms with Crippen LogP contribution in [0.1, 0.15) is 0 Å². The predicted octanol–water partition coefficient (Wildman–Crippen LogP) is 12.6. The molecule has 7 aromatic carbocycles. The summed E-state index contributed by atoms with van der Waals surface area (Å²) in [5.74, 6) is 0.707. The van der Waals surface area contributed by atoms with E-state index in [1.54, 1.807) is 0 Å². The average molecular weight is 656 g/mol. The van der Waals surface area contributed by atoms with Gasteiger partial charge in [0.1, 0.15) is 0 Å². The maximum absolute atomic E-state index is 5.28. The van der Waals surface area contributed by atoms with Gasteiger partial charge in [-0.2, -0.15) is 0 Å². The highest BCUT2D eigenvalue weighted by Gasteiger charge is 2.20. The molecule has 4 heteroatoms. The number of fused-ring (bicyclic) bond motifs is 6. The normalized spacial score (nSPS) is 11.6. The molecule has 3 heterocycles. The van der Waals surface area contributed by atoms with Crippen LogP contribution in [0.2, 0.25) is 0 Å². The molecule has 50 heavy (non-hydrogen) atoms. The first kappa shape index (κ1) is 28.6. The standard InChI is InChI=1S/C46H29N3S/c1-3-14-30(15-4-1)32-18-11-19-33(28-32)38-29-39(48-46(47-38)31-16-5-2-6-17-31)36-23-13-25-41-44(36)37-21-7-9-24-40(37)49(41)42-26-12-22-35-34-20-8-10-27-43(34)50-45(35)42/h1-29H. The summed E-state index contributed by atoms with van der Waals surface area (Å²) in [7, 11) is 0. The molecule has 0 spiro atoms. The van der Waals surface area contributed by atoms with Gasteiger partial charge >= 0.3 is 0 Å². The molecule has 0 saturated heterocycles. The minimum absolute atomic E-state index is 0.707. The summed E-state index contributed by atoms with van der Waals surface area (Å²) in [6, 6.07) is 62.4. The van der Waals surface area contributed by atoms with Gasteiger partial charge in [0, 0.05) is 42.9 Å². The fraction of sp³-hybridized carbons (Fsp3) is 0. The Morgan fingerprint density at radius 1 is 0.420 bits per heavy atom. The average Bonchev–Trinajstić information content (AvgIpc) is 3.75. The molecule has 10 aromatic rings. The van der Waals surface area contributed by atoms with Crippen molar-refractivity contribution in [1.29, 1.82) is 0 Å². The molecular weight excluding hydrogens is 627 g/mol. The first-order valence-corrected chi connectivity index (χ1v) is 17.7. The molecule has 234 valence electrons. The maximum atomic E-state index is 5.28. The molecule has 0 N–H and O–H groups in total. The molecule has 0 fully saturated rings. The van der Waals surface area contributed by atoms with Crippen LogP contribution in [0.5, 0.6) is 0 Å². The van der Waals surface area contributed by atoms with Crippen molar-refractivity contribution in [1.82, 2.24) is 14.5 Å². The zero-order chi connectivity index (χ0) is 33.0. The number of rotatable bonds is 5. The summed E-state index contributed by atoms with van der Waals surface area (Å²) < 4.78 is 5.03. The van der Waals surface area contributed by atoms with E-state index in [1.807, 2.05) is 29.5 Å². The van der Waals surface area contributed by atoms with E-state index in [-0.39, 0.29) is 0 Å². The van der Waals surface area contributed by atoms with E-state index in [0.717, 1.165) is 39.2 Å². The zero-order valence-corrected chi connectivity index (χ0v) is 27.8. The number of nitrogens with zero attached hydrogens (tertiary/aromatic N) is 3. The molecule has 0 atom stereocenters. The van der Waals surface area contributed by atoms with Gasteiger partial charge in [0.05, 0.1) is 32.8 Å². The summed E-state index contributed by atoms with van der Waals surface area (Å²) in [4.78, 5) is 10.4. The second kappa shape index (κ2) is 11.7. The lowest BCUT2D eigenvalue weighted by molar-refractivity contribution is 1.18. The van der Waals surface area contributed by atoms with Gasteiger partial charge in [-0.15, -0.1) is 11.3 Å². The summed E-state index contributed by atoms with van der Waals surface area (Å²) in [5.41, 5.74) is 10.8. The van der Waals surface area contributed by atoms with Crippen molar-refractivity contribution in [3.8, 4) is 50.7 Å². The number of thiophene rings is 1. The second-order valence-electron chi connectivity index (χ2n) is 12.6. The maximum Gasteiger partial charge on any atom is 0.160 e. The Morgan fingerprint density at radius 3 is 1.90 bits per heavy atom. The highest BCUT2D eigenvalue weighted by Crippen LogP contribution is 2.43. The number of benzene rings is 7. The minimum atomic E-state index is 0.707. The molecule has 0 aliphatic rings. The third kappa shape index (κ3) is 4.65. The highest BCUT2D eigenvalue weighted by molar-refractivity contribution is 7.26. The van der Waals surface area contributed by atoms with E-state index in [1.165, 1.54) is 47.7 Å². The first-order valence-electron chi connectivity index (χ1n) is 16.8. The van der Waals surface area contributed by atoms with Crippen molar-refractivity contribution in [3.05, 3.63) is 176 Å². The highest BCUT2D eigenvalue weighted by atomic mass is 32.1. The van der Waals surface area contributed by atoms with E-state index < -0.39 is 0 Å². The van der Waals surface area contributed by atoms with Crippen LogP contribution in [-0.4, -0.2) is 14.5 Å². The zero-order valence-electron chi connectivity index (χ0n) is 27.0. The van der Waals surface area contributed by atoms with Gasteiger partial charge in [-0.1, -0.05) is 140 Å². The van der Waals surface area contributed by atoms with E-state index in [4.69, 9.17) is 9.97 Å². The number of aromatic nitrogens is 3. The largest absolute Gasteiger partial charge is 0.308 e. The van der Waals surface area contributed by atoms with E-state index in [9.17, 15) is 0 Å². The van der Waals surface area contributed by atoms with Crippen molar-refractivity contribution >= 4 is 53.3 Å². The Balaban J connectivity index is 1.23. The molecule has 0 aliphatic heterocycles. The van der Waals surface area contributed by atoms with Crippen molar-refractivity contribution in [2.75, 3.05) is 0 Å². The third-order valence-electron chi connectivity index (χ3n) is 9.62.